The zero-order valence-electron chi connectivity index (χ0n) is 10.6. The molecule has 0 atom stereocenters. The first-order valence-corrected chi connectivity index (χ1v) is 7.10. The van der Waals surface area contributed by atoms with E-state index >= 15 is 0 Å². The summed E-state index contributed by atoms with van der Waals surface area (Å²) in [7, 11) is 0. The molecule has 2 fully saturated rings. The molecule has 0 spiro atoms. The van der Waals surface area contributed by atoms with Gasteiger partial charge in [-0.1, -0.05) is 69.6 Å². The molecule has 1 N–H and O–H groups in total. The summed E-state index contributed by atoms with van der Waals surface area (Å²) in [6, 6.07) is 8.71. The third kappa shape index (κ3) is 4.07. The second kappa shape index (κ2) is 6.68. The van der Waals surface area contributed by atoms with E-state index in [0.29, 0.717) is 5.75 Å². The van der Waals surface area contributed by atoms with Crippen LogP contribution in [0.2, 0.25) is 0 Å². The maximum Gasteiger partial charge on any atom is 0.115 e. The third-order valence-electron chi connectivity index (χ3n) is 4.22. The second-order valence-corrected chi connectivity index (χ2v) is 5.42. The van der Waals surface area contributed by atoms with Gasteiger partial charge in [-0.25, -0.2) is 0 Å². The molecular formula is C16H24O. The van der Waals surface area contributed by atoms with E-state index in [1.807, 2.05) is 6.07 Å². The van der Waals surface area contributed by atoms with E-state index in [0.717, 1.165) is 11.8 Å². The van der Waals surface area contributed by atoms with E-state index in [-0.39, 0.29) is 0 Å². The minimum Gasteiger partial charge on any atom is -0.508 e. The molecule has 0 aliphatic heterocycles. The van der Waals surface area contributed by atoms with Crippen molar-refractivity contribution in [3.8, 4) is 5.75 Å². The van der Waals surface area contributed by atoms with Crippen LogP contribution in [0.25, 0.3) is 0 Å². The predicted octanol–water partition coefficient (Wildman–Crippen LogP) is 4.76. The Morgan fingerprint density at radius 3 is 1.41 bits per heavy atom. The lowest BCUT2D eigenvalue weighted by Gasteiger charge is -2.16. The third-order valence-corrected chi connectivity index (χ3v) is 4.22. The first-order valence-electron chi connectivity index (χ1n) is 7.10. The summed E-state index contributed by atoms with van der Waals surface area (Å²) in [4.78, 5) is 0. The SMILES string of the molecule is C1CCC(C2CCCC2)C1.Oc1ccccc1. The number of hydrogen-bond acceptors (Lipinski definition) is 1. The molecule has 17 heavy (non-hydrogen) atoms. The lowest BCUT2D eigenvalue weighted by molar-refractivity contribution is 0.347. The molecular weight excluding hydrogens is 208 g/mol. The van der Waals surface area contributed by atoms with Crippen molar-refractivity contribution >= 4 is 0 Å². The van der Waals surface area contributed by atoms with Gasteiger partial charge in [0.15, 0.2) is 0 Å². The van der Waals surface area contributed by atoms with Crippen LogP contribution in [-0.4, -0.2) is 5.11 Å². The fraction of sp³-hybridized carbons (Fsp3) is 0.625. The highest BCUT2D eigenvalue weighted by Crippen LogP contribution is 2.39. The Morgan fingerprint density at radius 1 is 0.706 bits per heavy atom. The van der Waals surface area contributed by atoms with Crippen molar-refractivity contribution in [2.75, 3.05) is 0 Å². The van der Waals surface area contributed by atoms with Gasteiger partial charge in [-0.3, -0.25) is 0 Å². The zero-order chi connectivity index (χ0) is 11.9. The molecule has 1 nitrogen and oxygen atoms in total. The average molecular weight is 232 g/mol. The maximum atomic E-state index is 8.63. The number of benzene rings is 1. The fourth-order valence-corrected chi connectivity index (χ4v) is 3.29. The summed E-state index contributed by atoms with van der Waals surface area (Å²) < 4.78 is 0. The monoisotopic (exact) mass is 232 g/mol. The molecule has 3 rings (SSSR count). The van der Waals surface area contributed by atoms with Gasteiger partial charge in [0.25, 0.3) is 0 Å². The quantitative estimate of drug-likeness (QED) is 0.740. The van der Waals surface area contributed by atoms with Crippen LogP contribution in [0.4, 0.5) is 0 Å². The highest BCUT2D eigenvalue weighted by molar-refractivity contribution is 5.18. The topological polar surface area (TPSA) is 20.2 Å². The maximum absolute atomic E-state index is 8.63. The van der Waals surface area contributed by atoms with Gasteiger partial charge in [-0.05, 0) is 24.0 Å². The minimum atomic E-state index is 0.322. The van der Waals surface area contributed by atoms with Crippen molar-refractivity contribution < 1.29 is 5.11 Å². The van der Waals surface area contributed by atoms with Crippen LogP contribution in [0, 0.1) is 11.8 Å². The first kappa shape index (κ1) is 12.5. The molecule has 1 aromatic carbocycles. The van der Waals surface area contributed by atoms with E-state index in [9.17, 15) is 0 Å². The van der Waals surface area contributed by atoms with E-state index in [2.05, 4.69) is 0 Å². The molecule has 0 unspecified atom stereocenters. The molecule has 2 saturated carbocycles. The Balaban J connectivity index is 0.000000136. The summed E-state index contributed by atoms with van der Waals surface area (Å²) in [5.74, 6) is 2.63. The predicted molar refractivity (Wildman–Crippen MR) is 72.0 cm³/mol. The smallest absolute Gasteiger partial charge is 0.115 e. The molecule has 94 valence electrons. The molecule has 0 bridgehead atoms. The Hall–Kier alpha value is -0.980. The summed E-state index contributed by atoms with van der Waals surface area (Å²) in [5, 5.41) is 8.63. The molecule has 0 heterocycles. The van der Waals surface area contributed by atoms with Crippen LogP contribution in [0.3, 0.4) is 0 Å². The van der Waals surface area contributed by atoms with Gasteiger partial charge in [0.2, 0.25) is 0 Å². The molecule has 0 aromatic heterocycles. The Kier molecular flexibility index (Phi) is 4.90. The Labute approximate surface area is 105 Å². The number of aromatic hydroxyl groups is 1. The molecule has 0 radical (unpaired) electrons. The highest BCUT2D eigenvalue weighted by Gasteiger charge is 2.26. The summed E-state index contributed by atoms with van der Waals surface area (Å²) in [6.45, 7) is 0. The van der Waals surface area contributed by atoms with E-state index in [1.54, 1.807) is 49.9 Å². The standard InChI is InChI=1S/C10H18.C6H6O/c1-2-6-9(5-1)10-7-3-4-8-10;7-6-4-2-1-3-5-6/h9-10H,1-8H2;1-5,7H. The number of rotatable bonds is 1. The Bertz CT molecular complexity index is 281. The van der Waals surface area contributed by atoms with E-state index in [4.69, 9.17) is 5.11 Å². The van der Waals surface area contributed by atoms with Crippen molar-refractivity contribution in [3.63, 3.8) is 0 Å². The van der Waals surface area contributed by atoms with E-state index in [1.165, 1.54) is 25.7 Å². The zero-order valence-corrected chi connectivity index (χ0v) is 10.6. The molecule has 0 amide bonds. The van der Waals surface area contributed by atoms with Crippen molar-refractivity contribution in [1.82, 2.24) is 0 Å². The van der Waals surface area contributed by atoms with Crippen molar-refractivity contribution in [1.29, 1.82) is 0 Å². The molecule has 2 aliphatic rings. The first-order chi connectivity index (χ1) is 8.36. The van der Waals surface area contributed by atoms with Crippen LogP contribution in [0.5, 0.6) is 5.75 Å². The fourth-order valence-electron chi connectivity index (χ4n) is 3.29. The second-order valence-electron chi connectivity index (χ2n) is 5.42. The van der Waals surface area contributed by atoms with Crippen LogP contribution in [-0.2, 0) is 0 Å². The minimum absolute atomic E-state index is 0.322. The average Bonchev–Trinajstić information content (AvgIpc) is 3.04. The van der Waals surface area contributed by atoms with Gasteiger partial charge in [0.05, 0.1) is 0 Å². The van der Waals surface area contributed by atoms with E-state index < -0.39 is 0 Å². The molecule has 2 aliphatic carbocycles. The highest BCUT2D eigenvalue weighted by atomic mass is 16.3. The van der Waals surface area contributed by atoms with Gasteiger partial charge in [0, 0.05) is 0 Å². The molecule has 0 saturated heterocycles. The van der Waals surface area contributed by atoms with Crippen LogP contribution in [0.15, 0.2) is 30.3 Å². The van der Waals surface area contributed by atoms with Crippen molar-refractivity contribution in [3.05, 3.63) is 30.3 Å². The van der Waals surface area contributed by atoms with Gasteiger partial charge in [-0.15, -0.1) is 0 Å². The summed E-state index contributed by atoms with van der Waals surface area (Å²) in [6.07, 6.45) is 12.4. The molecule has 1 heteroatoms. The number of para-hydroxylation sites is 1. The van der Waals surface area contributed by atoms with Crippen LogP contribution >= 0.6 is 0 Å². The van der Waals surface area contributed by atoms with Gasteiger partial charge in [-0.2, -0.15) is 0 Å². The lowest BCUT2D eigenvalue weighted by Crippen LogP contribution is -2.06. The largest absolute Gasteiger partial charge is 0.508 e. The van der Waals surface area contributed by atoms with Gasteiger partial charge in [0.1, 0.15) is 5.75 Å². The van der Waals surface area contributed by atoms with Gasteiger partial charge >= 0.3 is 0 Å². The summed E-state index contributed by atoms with van der Waals surface area (Å²) >= 11 is 0. The number of phenols is 1. The lowest BCUT2D eigenvalue weighted by atomic mass is 9.90. The number of phenolic OH excluding ortho intramolecular Hbond substituents is 1. The van der Waals surface area contributed by atoms with Crippen LogP contribution < -0.4 is 0 Å². The number of hydrogen-bond donors (Lipinski definition) is 1. The van der Waals surface area contributed by atoms with Crippen molar-refractivity contribution in [2.24, 2.45) is 11.8 Å². The molecule has 1 aromatic rings. The van der Waals surface area contributed by atoms with Crippen LogP contribution in [0.1, 0.15) is 51.4 Å². The normalized spacial score (nSPS) is 21.2. The summed E-state index contributed by atoms with van der Waals surface area (Å²) in [5.41, 5.74) is 0. The van der Waals surface area contributed by atoms with Crippen molar-refractivity contribution in [2.45, 2.75) is 51.4 Å². The van der Waals surface area contributed by atoms with Gasteiger partial charge < -0.3 is 5.11 Å². The Morgan fingerprint density at radius 2 is 1.12 bits per heavy atom.